The predicted octanol–water partition coefficient (Wildman–Crippen LogP) is 2.11. The molecule has 0 amide bonds. The summed E-state index contributed by atoms with van der Waals surface area (Å²) in [4.78, 5) is 11.2. The van der Waals surface area contributed by atoms with Crippen LogP contribution >= 0.6 is 0 Å². The molecule has 1 rings (SSSR count). The molecule has 1 aliphatic rings. The Hall–Kier alpha value is -0.570. The van der Waals surface area contributed by atoms with Crippen molar-refractivity contribution in [3.63, 3.8) is 0 Å². The Labute approximate surface area is 92.6 Å². The van der Waals surface area contributed by atoms with Crippen LogP contribution < -0.4 is 5.32 Å². The van der Waals surface area contributed by atoms with Gasteiger partial charge in [-0.1, -0.05) is 26.7 Å². The number of rotatable bonds is 8. The quantitative estimate of drug-likeness (QED) is 0.496. The monoisotopic (exact) mass is 213 g/mol. The highest BCUT2D eigenvalue weighted by Gasteiger charge is 2.21. The van der Waals surface area contributed by atoms with Crippen LogP contribution in [-0.2, 0) is 9.53 Å². The number of hydrogen-bond acceptors (Lipinski definition) is 3. The van der Waals surface area contributed by atoms with Crippen molar-refractivity contribution < 1.29 is 9.53 Å². The zero-order valence-corrected chi connectivity index (χ0v) is 9.92. The van der Waals surface area contributed by atoms with Crippen molar-refractivity contribution in [1.82, 2.24) is 5.32 Å². The minimum atomic E-state index is -0.0405. The van der Waals surface area contributed by atoms with Gasteiger partial charge in [-0.2, -0.15) is 0 Å². The van der Waals surface area contributed by atoms with E-state index in [0.29, 0.717) is 19.1 Å². The smallest absolute Gasteiger partial charge is 0.305 e. The van der Waals surface area contributed by atoms with Gasteiger partial charge in [0.2, 0.25) is 0 Å². The molecule has 3 heteroatoms. The lowest BCUT2D eigenvalue weighted by Gasteiger charge is -2.07. The molecular formula is C12H23NO2. The number of carbonyl (C=O) groups excluding carboxylic acids is 1. The number of esters is 1. The first-order chi connectivity index (χ1) is 7.18. The molecule has 1 saturated carbocycles. The van der Waals surface area contributed by atoms with Gasteiger partial charge in [0.1, 0.15) is 0 Å². The van der Waals surface area contributed by atoms with E-state index in [-0.39, 0.29) is 5.97 Å². The van der Waals surface area contributed by atoms with Gasteiger partial charge >= 0.3 is 5.97 Å². The third-order valence-electron chi connectivity index (χ3n) is 2.60. The Kier molecular flexibility index (Phi) is 5.69. The summed E-state index contributed by atoms with van der Waals surface area (Å²) in [5.74, 6) is 0.807. The van der Waals surface area contributed by atoms with E-state index >= 15 is 0 Å². The van der Waals surface area contributed by atoms with E-state index in [1.807, 2.05) is 0 Å². The molecule has 0 aromatic carbocycles. The van der Waals surface area contributed by atoms with Crippen molar-refractivity contribution in [3.8, 4) is 0 Å². The zero-order valence-electron chi connectivity index (χ0n) is 9.92. The Bertz CT molecular complexity index is 188. The van der Waals surface area contributed by atoms with Crippen LogP contribution in [0, 0.1) is 5.92 Å². The summed E-state index contributed by atoms with van der Waals surface area (Å²) in [6.07, 6.45) is 5.15. The summed E-state index contributed by atoms with van der Waals surface area (Å²) in [5, 5.41) is 3.28. The first-order valence-corrected chi connectivity index (χ1v) is 6.07. The molecule has 0 atom stereocenters. The molecule has 88 valence electrons. The van der Waals surface area contributed by atoms with Crippen molar-refractivity contribution in [2.45, 2.75) is 52.0 Å². The maximum absolute atomic E-state index is 11.2. The van der Waals surface area contributed by atoms with Gasteiger partial charge in [-0.25, -0.2) is 0 Å². The molecule has 0 aliphatic heterocycles. The lowest BCUT2D eigenvalue weighted by atomic mass is 10.3. The third kappa shape index (κ3) is 7.37. The Morgan fingerprint density at radius 2 is 2.20 bits per heavy atom. The highest BCUT2D eigenvalue weighted by atomic mass is 16.5. The summed E-state index contributed by atoms with van der Waals surface area (Å²) in [6, 6.07) is 0.496. The first-order valence-electron chi connectivity index (χ1n) is 6.07. The van der Waals surface area contributed by atoms with Gasteiger partial charge < -0.3 is 10.1 Å². The minimum absolute atomic E-state index is 0.0405. The molecular weight excluding hydrogens is 190 g/mol. The maximum atomic E-state index is 11.2. The average Bonchev–Trinajstić information content (AvgIpc) is 2.96. The third-order valence-corrected chi connectivity index (χ3v) is 2.60. The molecule has 0 spiro atoms. The van der Waals surface area contributed by atoms with Crippen molar-refractivity contribution in [1.29, 1.82) is 0 Å². The summed E-state index contributed by atoms with van der Waals surface area (Å²) in [5.41, 5.74) is 0. The average molecular weight is 213 g/mol. The fraction of sp³-hybridized carbons (Fsp3) is 0.917. The Morgan fingerprint density at radius 1 is 1.47 bits per heavy atom. The van der Waals surface area contributed by atoms with Crippen molar-refractivity contribution >= 4 is 5.97 Å². The second kappa shape index (κ2) is 6.83. The van der Waals surface area contributed by atoms with Crippen molar-refractivity contribution in [2.75, 3.05) is 13.2 Å². The van der Waals surface area contributed by atoms with E-state index in [9.17, 15) is 4.79 Å². The van der Waals surface area contributed by atoms with E-state index in [4.69, 9.17) is 4.74 Å². The van der Waals surface area contributed by atoms with Crippen LogP contribution in [0.1, 0.15) is 46.0 Å². The lowest BCUT2D eigenvalue weighted by Crippen LogP contribution is -2.24. The van der Waals surface area contributed by atoms with Gasteiger partial charge in [-0.3, -0.25) is 4.79 Å². The molecule has 0 saturated heterocycles. The second-order valence-electron chi connectivity index (χ2n) is 4.66. The van der Waals surface area contributed by atoms with E-state index < -0.39 is 0 Å². The van der Waals surface area contributed by atoms with Gasteiger partial charge in [-0.15, -0.1) is 0 Å². The summed E-state index contributed by atoms with van der Waals surface area (Å²) >= 11 is 0. The van der Waals surface area contributed by atoms with Crippen LogP contribution in [0.15, 0.2) is 0 Å². The molecule has 0 heterocycles. The largest absolute Gasteiger partial charge is 0.466 e. The van der Waals surface area contributed by atoms with Gasteiger partial charge in [0.15, 0.2) is 0 Å². The van der Waals surface area contributed by atoms with Crippen molar-refractivity contribution in [3.05, 3.63) is 0 Å². The van der Waals surface area contributed by atoms with Gasteiger partial charge in [0, 0.05) is 12.5 Å². The standard InChI is InChI=1S/C12H23NO2/c1-10(2)13-8-3-4-12(14)15-9-7-11-5-6-11/h10-11,13H,3-9H2,1-2H3. The second-order valence-corrected chi connectivity index (χ2v) is 4.66. The van der Waals surface area contributed by atoms with Crippen LogP contribution in [0.3, 0.4) is 0 Å². The van der Waals surface area contributed by atoms with E-state index in [0.717, 1.165) is 25.3 Å². The fourth-order valence-corrected chi connectivity index (χ4v) is 1.44. The van der Waals surface area contributed by atoms with Crippen LogP contribution in [0.5, 0.6) is 0 Å². The molecule has 1 N–H and O–H groups in total. The summed E-state index contributed by atoms with van der Waals surface area (Å²) in [7, 11) is 0. The number of carbonyl (C=O) groups is 1. The van der Waals surface area contributed by atoms with Crippen LogP contribution in [0.2, 0.25) is 0 Å². The predicted molar refractivity (Wildman–Crippen MR) is 60.7 cm³/mol. The van der Waals surface area contributed by atoms with Crippen LogP contribution in [-0.4, -0.2) is 25.2 Å². The normalized spacial score (nSPS) is 15.7. The maximum Gasteiger partial charge on any atom is 0.305 e. The molecule has 0 radical (unpaired) electrons. The van der Waals surface area contributed by atoms with E-state index in [1.165, 1.54) is 12.8 Å². The number of ether oxygens (including phenoxy) is 1. The van der Waals surface area contributed by atoms with Gasteiger partial charge in [0.05, 0.1) is 6.61 Å². The number of nitrogens with one attached hydrogen (secondary N) is 1. The Morgan fingerprint density at radius 3 is 2.80 bits per heavy atom. The molecule has 0 unspecified atom stereocenters. The molecule has 0 aromatic rings. The minimum Gasteiger partial charge on any atom is -0.466 e. The van der Waals surface area contributed by atoms with Crippen LogP contribution in [0.4, 0.5) is 0 Å². The Balaban J connectivity index is 1.84. The SMILES string of the molecule is CC(C)NCCCC(=O)OCCC1CC1. The first kappa shape index (κ1) is 12.5. The van der Waals surface area contributed by atoms with Gasteiger partial charge in [-0.05, 0) is 25.3 Å². The molecule has 1 aliphatic carbocycles. The molecule has 3 nitrogen and oxygen atoms in total. The molecule has 15 heavy (non-hydrogen) atoms. The summed E-state index contributed by atoms with van der Waals surface area (Å²) < 4.78 is 5.13. The molecule has 0 bridgehead atoms. The number of hydrogen-bond donors (Lipinski definition) is 1. The van der Waals surface area contributed by atoms with E-state index in [1.54, 1.807) is 0 Å². The highest BCUT2D eigenvalue weighted by Crippen LogP contribution is 2.32. The zero-order chi connectivity index (χ0) is 11.1. The fourth-order valence-electron chi connectivity index (χ4n) is 1.44. The van der Waals surface area contributed by atoms with Crippen LogP contribution in [0.25, 0.3) is 0 Å². The topological polar surface area (TPSA) is 38.3 Å². The molecule has 1 fully saturated rings. The van der Waals surface area contributed by atoms with E-state index in [2.05, 4.69) is 19.2 Å². The molecule has 0 aromatic heterocycles. The van der Waals surface area contributed by atoms with Crippen molar-refractivity contribution in [2.24, 2.45) is 5.92 Å². The highest BCUT2D eigenvalue weighted by molar-refractivity contribution is 5.69. The van der Waals surface area contributed by atoms with Gasteiger partial charge in [0.25, 0.3) is 0 Å². The summed E-state index contributed by atoms with van der Waals surface area (Å²) in [6.45, 7) is 5.73. The lowest BCUT2D eigenvalue weighted by molar-refractivity contribution is -0.143.